The van der Waals surface area contributed by atoms with Gasteiger partial charge < -0.3 is 14.8 Å². The lowest BCUT2D eigenvalue weighted by Gasteiger charge is -2.34. The van der Waals surface area contributed by atoms with Gasteiger partial charge in [0.2, 0.25) is 0 Å². The lowest BCUT2D eigenvalue weighted by Crippen LogP contribution is -2.46. The summed E-state index contributed by atoms with van der Waals surface area (Å²) in [7, 11) is 0. The molecule has 1 saturated carbocycles. The summed E-state index contributed by atoms with van der Waals surface area (Å²) in [6, 6.07) is 12.5. The van der Waals surface area contributed by atoms with Gasteiger partial charge >= 0.3 is 6.03 Å². The Labute approximate surface area is 161 Å². The van der Waals surface area contributed by atoms with E-state index in [2.05, 4.69) is 28.2 Å². The van der Waals surface area contributed by atoms with Crippen LogP contribution in [-0.4, -0.2) is 28.1 Å². The van der Waals surface area contributed by atoms with Crippen LogP contribution in [0.3, 0.4) is 0 Å². The van der Waals surface area contributed by atoms with Gasteiger partial charge in [-0.1, -0.05) is 49.1 Å². The zero-order valence-corrected chi connectivity index (χ0v) is 16.2. The fraction of sp³-hybridized carbons (Fsp3) is 0.476. The van der Waals surface area contributed by atoms with E-state index in [1.807, 2.05) is 36.1 Å². The highest BCUT2D eigenvalue weighted by Crippen LogP contribution is 2.25. The first-order valence-electron chi connectivity index (χ1n) is 9.61. The minimum absolute atomic E-state index is 0.0462. The molecule has 1 aromatic carbocycles. The average molecular weight is 374 g/mol. The van der Waals surface area contributed by atoms with Crippen molar-refractivity contribution in [3.63, 3.8) is 0 Å². The highest BCUT2D eigenvalue weighted by atomic mass is 35.5. The average Bonchev–Trinajstić information content (AvgIpc) is 3.09. The largest absolute Gasteiger partial charge is 0.345 e. The van der Waals surface area contributed by atoms with E-state index in [1.165, 1.54) is 19.3 Å². The van der Waals surface area contributed by atoms with Crippen LogP contribution in [0.2, 0.25) is 5.02 Å². The summed E-state index contributed by atoms with van der Waals surface area (Å²) in [5, 5.41) is 3.77. The maximum Gasteiger partial charge on any atom is 0.317 e. The number of urea groups is 1. The Balaban J connectivity index is 1.77. The smallest absolute Gasteiger partial charge is 0.317 e. The summed E-state index contributed by atoms with van der Waals surface area (Å²) in [6.07, 6.45) is 7.96. The predicted molar refractivity (Wildman–Crippen MR) is 106 cm³/mol. The molecular formula is C21H28ClN3O. The summed E-state index contributed by atoms with van der Waals surface area (Å²) in [5.74, 6) is 0. The molecule has 0 radical (unpaired) electrons. The van der Waals surface area contributed by atoms with Gasteiger partial charge in [0, 0.05) is 36.0 Å². The topological polar surface area (TPSA) is 37.3 Å². The van der Waals surface area contributed by atoms with Gasteiger partial charge in [-0.15, -0.1) is 0 Å². The Morgan fingerprint density at radius 2 is 1.96 bits per heavy atom. The minimum atomic E-state index is 0.0462. The normalized spacial score (nSPS) is 15.0. The zero-order valence-electron chi connectivity index (χ0n) is 15.5. The van der Waals surface area contributed by atoms with E-state index in [4.69, 9.17) is 11.6 Å². The molecular weight excluding hydrogens is 346 g/mol. The molecule has 3 rings (SSSR count). The van der Waals surface area contributed by atoms with Crippen molar-refractivity contribution in [1.29, 1.82) is 0 Å². The zero-order chi connectivity index (χ0) is 18.4. The molecule has 0 bridgehead atoms. The monoisotopic (exact) mass is 373 g/mol. The first-order valence-corrected chi connectivity index (χ1v) is 9.98. The maximum atomic E-state index is 12.7. The van der Waals surface area contributed by atoms with Crippen LogP contribution in [0.25, 0.3) is 0 Å². The number of hydrogen-bond donors (Lipinski definition) is 1. The number of hydrogen-bond acceptors (Lipinski definition) is 1. The summed E-state index contributed by atoms with van der Waals surface area (Å²) >= 11 is 6.32. The molecule has 0 aliphatic heterocycles. The molecule has 1 aromatic heterocycles. The molecule has 140 valence electrons. The van der Waals surface area contributed by atoms with Crippen molar-refractivity contribution in [3.05, 3.63) is 58.9 Å². The first-order chi connectivity index (χ1) is 12.7. The summed E-state index contributed by atoms with van der Waals surface area (Å²) < 4.78 is 2.19. The number of halogens is 1. The number of benzene rings is 1. The number of aromatic nitrogens is 1. The van der Waals surface area contributed by atoms with Crippen molar-refractivity contribution in [2.45, 2.75) is 58.2 Å². The lowest BCUT2D eigenvalue weighted by atomic mass is 9.94. The van der Waals surface area contributed by atoms with Crippen molar-refractivity contribution in [2.24, 2.45) is 0 Å². The van der Waals surface area contributed by atoms with Gasteiger partial charge in [0.1, 0.15) is 0 Å². The molecule has 0 spiro atoms. The SMILES string of the molecule is CCNC(=O)N(Cc1cccn1Cc1ccccc1Cl)C1CCCCC1. The third kappa shape index (κ3) is 4.61. The highest BCUT2D eigenvalue weighted by molar-refractivity contribution is 6.31. The number of carbonyl (C=O) groups is 1. The molecule has 0 unspecified atom stereocenters. The van der Waals surface area contributed by atoms with Gasteiger partial charge in [-0.25, -0.2) is 4.79 Å². The molecule has 4 nitrogen and oxygen atoms in total. The van der Waals surface area contributed by atoms with E-state index >= 15 is 0 Å². The molecule has 2 amide bonds. The van der Waals surface area contributed by atoms with E-state index < -0.39 is 0 Å². The van der Waals surface area contributed by atoms with Crippen molar-refractivity contribution >= 4 is 17.6 Å². The molecule has 5 heteroatoms. The van der Waals surface area contributed by atoms with Crippen LogP contribution >= 0.6 is 11.6 Å². The van der Waals surface area contributed by atoms with Crippen LogP contribution < -0.4 is 5.32 Å². The highest BCUT2D eigenvalue weighted by Gasteiger charge is 2.26. The number of nitrogens with one attached hydrogen (secondary N) is 1. The number of amides is 2. The van der Waals surface area contributed by atoms with Crippen LogP contribution in [0, 0.1) is 0 Å². The molecule has 1 heterocycles. The van der Waals surface area contributed by atoms with Crippen molar-refractivity contribution in [2.75, 3.05) is 6.54 Å². The fourth-order valence-electron chi connectivity index (χ4n) is 3.74. The molecule has 1 aliphatic carbocycles. The van der Waals surface area contributed by atoms with Gasteiger partial charge in [-0.05, 0) is 43.5 Å². The van der Waals surface area contributed by atoms with Gasteiger partial charge in [-0.2, -0.15) is 0 Å². The van der Waals surface area contributed by atoms with Crippen LogP contribution in [0.15, 0.2) is 42.6 Å². The second-order valence-electron chi connectivity index (χ2n) is 6.97. The van der Waals surface area contributed by atoms with Crippen LogP contribution in [0.5, 0.6) is 0 Å². The Bertz CT molecular complexity index is 722. The third-order valence-corrected chi connectivity index (χ3v) is 5.53. The van der Waals surface area contributed by atoms with Crippen molar-refractivity contribution in [3.8, 4) is 0 Å². The number of rotatable bonds is 6. The maximum absolute atomic E-state index is 12.7. The molecule has 1 N–H and O–H groups in total. The van der Waals surface area contributed by atoms with E-state index in [0.29, 0.717) is 19.1 Å². The first kappa shape index (κ1) is 18.8. The second kappa shape index (κ2) is 9.13. The summed E-state index contributed by atoms with van der Waals surface area (Å²) in [5.41, 5.74) is 2.23. The van der Waals surface area contributed by atoms with E-state index in [-0.39, 0.29) is 6.03 Å². The second-order valence-corrected chi connectivity index (χ2v) is 7.38. The minimum Gasteiger partial charge on any atom is -0.345 e. The Morgan fingerprint density at radius 1 is 1.19 bits per heavy atom. The molecule has 2 aromatic rings. The molecule has 26 heavy (non-hydrogen) atoms. The molecule has 0 atom stereocenters. The van der Waals surface area contributed by atoms with Crippen LogP contribution in [0.4, 0.5) is 4.79 Å². The third-order valence-electron chi connectivity index (χ3n) is 5.16. The standard InChI is InChI=1S/C21H28ClN3O/c1-2-23-21(26)25(18-10-4-3-5-11-18)16-19-12-8-14-24(19)15-17-9-6-7-13-20(17)22/h6-9,12-14,18H,2-5,10-11,15-16H2,1H3,(H,23,26). The number of nitrogens with zero attached hydrogens (tertiary/aromatic N) is 2. The quantitative estimate of drug-likeness (QED) is 0.755. The van der Waals surface area contributed by atoms with Crippen LogP contribution in [0.1, 0.15) is 50.3 Å². The van der Waals surface area contributed by atoms with Gasteiger partial charge in [0.05, 0.1) is 6.54 Å². The Kier molecular flexibility index (Phi) is 6.62. The van der Waals surface area contributed by atoms with Crippen molar-refractivity contribution in [1.82, 2.24) is 14.8 Å². The molecule has 0 saturated heterocycles. The number of carbonyl (C=O) groups excluding carboxylic acids is 1. The molecule has 1 fully saturated rings. The lowest BCUT2D eigenvalue weighted by molar-refractivity contribution is 0.149. The predicted octanol–water partition coefficient (Wildman–Crippen LogP) is 5.05. The fourth-order valence-corrected chi connectivity index (χ4v) is 3.94. The van der Waals surface area contributed by atoms with Gasteiger partial charge in [0.25, 0.3) is 0 Å². The van der Waals surface area contributed by atoms with Gasteiger partial charge in [0.15, 0.2) is 0 Å². The Hall–Kier alpha value is -1.94. The van der Waals surface area contributed by atoms with E-state index in [0.717, 1.165) is 35.7 Å². The summed E-state index contributed by atoms with van der Waals surface area (Å²) in [4.78, 5) is 14.7. The van der Waals surface area contributed by atoms with Crippen molar-refractivity contribution < 1.29 is 4.79 Å². The van der Waals surface area contributed by atoms with E-state index in [1.54, 1.807) is 0 Å². The van der Waals surface area contributed by atoms with Crippen LogP contribution in [-0.2, 0) is 13.1 Å². The summed E-state index contributed by atoms with van der Waals surface area (Å²) in [6.45, 7) is 3.98. The van der Waals surface area contributed by atoms with Gasteiger partial charge in [-0.3, -0.25) is 0 Å². The molecule has 1 aliphatic rings. The Morgan fingerprint density at radius 3 is 2.69 bits per heavy atom. The van der Waals surface area contributed by atoms with E-state index in [9.17, 15) is 4.79 Å².